The van der Waals surface area contributed by atoms with E-state index in [-0.39, 0.29) is 0 Å². The molecule has 1 rings (SSSR count). The Hall–Kier alpha value is -1.75. The Bertz CT molecular complexity index is 663. The zero-order valence-electron chi connectivity index (χ0n) is 10.5. The Morgan fingerprint density at radius 2 is 1.38 bits per heavy atom. The number of carbonyl (C=O) groups is 1. The van der Waals surface area contributed by atoms with Crippen LogP contribution in [-0.2, 0) is 20.6 Å². The van der Waals surface area contributed by atoms with Crippen LogP contribution in [0.4, 0.5) is 22.0 Å². The quantitative estimate of drug-likeness (QED) is 0.488. The van der Waals surface area contributed by atoms with Crippen LogP contribution >= 0.6 is 0 Å². The first kappa shape index (κ1) is 17.3. The third kappa shape index (κ3) is 3.47. The number of nitrogens with two attached hydrogens (primary N) is 1. The highest BCUT2D eigenvalue weighted by Gasteiger charge is 2.30. The number of hydrogen-bond donors (Lipinski definition) is 1. The number of primary amides is 1. The summed E-state index contributed by atoms with van der Waals surface area (Å²) in [7, 11) is -3.64. The number of hydrogen-bond acceptors (Lipinski definition) is 3. The molecule has 0 aliphatic heterocycles. The molecule has 2 N–H and O–H groups in total. The summed E-state index contributed by atoms with van der Waals surface area (Å²) in [6, 6.07) is 0. The summed E-state index contributed by atoms with van der Waals surface area (Å²) in [5, 5.41) is 0. The third-order valence-corrected chi connectivity index (χ3v) is 4.21. The first-order chi connectivity index (χ1) is 9.49. The van der Waals surface area contributed by atoms with Crippen molar-refractivity contribution < 1.29 is 35.2 Å². The van der Waals surface area contributed by atoms with Gasteiger partial charge in [0.15, 0.2) is 23.3 Å². The maximum atomic E-state index is 13.4. The van der Waals surface area contributed by atoms with E-state index in [0.717, 1.165) is 7.05 Å². The summed E-state index contributed by atoms with van der Waals surface area (Å²) in [5.41, 5.74) is 3.24. The van der Waals surface area contributed by atoms with Crippen LogP contribution in [0, 0.1) is 29.1 Å². The number of likely N-dealkylation sites (N-methyl/N-ethyl adjacent to an activating group) is 1. The monoisotopic (exact) mass is 332 g/mol. The number of carbonyl (C=O) groups excluding carboxylic acids is 1. The van der Waals surface area contributed by atoms with Gasteiger partial charge in [0.1, 0.15) is 0 Å². The molecule has 11 heteroatoms. The Morgan fingerprint density at radius 1 is 1.00 bits per heavy atom. The van der Waals surface area contributed by atoms with Gasteiger partial charge in [-0.05, 0) is 0 Å². The zero-order chi connectivity index (χ0) is 16.5. The van der Waals surface area contributed by atoms with Crippen LogP contribution in [0.3, 0.4) is 0 Å². The van der Waals surface area contributed by atoms with E-state index in [1.165, 1.54) is 0 Å². The SMILES string of the molecule is CN(CC(N)=O)S(=O)(=O)Cc1c(F)c(F)c(F)c(F)c1F. The van der Waals surface area contributed by atoms with E-state index in [9.17, 15) is 35.2 Å². The van der Waals surface area contributed by atoms with Crippen molar-refractivity contribution >= 4 is 15.9 Å². The van der Waals surface area contributed by atoms with Gasteiger partial charge in [0.05, 0.1) is 12.3 Å². The number of halogens is 5. The molecule has 0 bridgehead atoms. The Balaban J connectivity index is 3.29. The molecule has 1 aromatic carbocycles. The van der Waals surface area contributed by atoms with Crippen molar-refractivity contribution in [2.45, 2.75) is 5.75 Å². The molecule has 0 heterocycles. The molecule has 1 amide bonds. The minimum absolute atomic E-state index is 0.341. The van der Waals surface area contributed by atoms with E-state index >= 15 is 0 Å². The summed E-state index contributed by atoms with van der Waals surface area (Å²) in [6.45, 7) is -0.808. The van der Waals surface area contributed by atoms with Gasteiger partial charge < -0.3 is 5.73 Å². The molecular weight excluding hydrogens is 323 g/mol. The van der Waals surface area contributed by atoms with Gasteiger partial charge in [-0.15, -0.1) is 0 Å². The van der Waals surface area contributed by atoms with Crippen LogP contribution in [0.1, 0.15) is 5.56 Å². The number of sulfonamides is 1. The number of rotatable bonds is 5. The molecular formula is C10H9F5N2O3S. The van der Waals surface area contributed by atoms with Crippen molar-refractivity contribution in [3.63, 3.8) is 0 Å². The van der Waals surface area contributed by atoms with Crippen LogP contribution in [0.15, 0.2) is 0 Å². The van der Waals surface area contributed by atoms with Crippen molar-refractivity contribution in [1.82, 2.24) is 4.31 Å². The van der Waals surface area contributed by atoms with Crippen molar-refractivity contribution in [2.24, 2.45) is 5.73 Å². The molecule has 0 atom stereocenters. The second-order valence-corrected chi connectivity index (χ2v) is 6.10. The summed E-state index contributed by atoms with van der Waals surface area (Å²) in [4.78, 5) is 10.6. The largest absolute Gasteiger partial charge is 0.369 e. The fraction of sp³-hybridized carbons (Fsp3) is 0.300. The highest BCUT2D eigenvalue weighted by Crippen LogP contribution is 2.25. The maximum Gasteiger partial charge on any atom is 0.232 e. The Kier molecular flexibility index (Phi) is 4.89. The lowest BCUT2D eigenvalue weighted by Gasteiger charge is -2.16. The second-order valence-electron chi connectivity index (χ2n) is 4.03. The molecule has 0 unspecified atom stereocenters. The van der Waals surface area contributed by atoms with Gasteiger partial charge in [-0.1, -0.05) is 0 Å². The average Bonchev–Trinajstić information content (AvgIpc) is 2.38. The summed E-state index contributed by atoms with van der Waals surface area (Å²) in [5.74, 6) is -14.0. The predicted octanol–water partition coefficient (Wildman–Crippen LogP) is 0.629. The lowest BCUT2D eigenvalue weighted by atomic mass is 10.2. The molecule has 5 nitrogen and oxygen atoms in total. The van der Waals surface area contributed by atoms with E-state index in [1.54, 1.807) is 0 Å². The molecule has 21 heavy (non-hydrogen) atoms. The van der Waals surface area contributed by atoms with Crippen LogP contribution in [0.2, 0.25) is 0 Å². The maximum absolute atomic E-state index is 13.4. The fourth-order valence-corrected chi connectivity index (χ4v) is 2.55. The molecule has 0 saturated carbocycles. The molecule has 0 radical (unpaired) electrons. The summed E-state index contributed by atoms with van der Waals surface area (Å²) in [6.07, 6.45) is 0. The number of amides is 1. The summed E-state index contributed by atoms with van der Waals surface area (Å²) < 4.78 is 89.2. The van der Waals surface area contributed by atoms with E-state index in [2.05, 4.69) is 0 Å². The van der Waals surface area contributed by atoms with Gasteiger partial charge in [-0.25, -0.2) is 30.4 Å². The number of nitrogens with zero attached hydrogens (tertiary/aromatic N) is 1. The van der Waals surface area contributed by atoms with E-state index in [4.69, 9.17) is 5.73 Å². The highest BCUT2D eigenvalue weighted by molar-refractivity contribution is 7.88. The first-order valence-corrected chi connectivity index (χ1v) is 6.82. The predicted molar refractivity (Wildman–Crippen MR) is 60.7 cm³/mol. The standard InChI is InChI=1S/C10H9F5N2O3S/c1-17(2-5(16)18)21(19,20)3-4-6(11)8(13)10(15)9(14)7(4)12/h2-3H2,1H3,(H2,16,18). The minimum atomic E-state index is -4.50. The summed E-state index contributed by atoms with van der Waals surface area (Å²) >= 11 is 0. The van der Waals surface area contributed by atoms with Crippen molar-refractivity contribution in [3.8, 4) is 0 Å². The second kappa shape index (κ2) is 5.93. The molecule has 0 aliphatic rings. The molecule has 118 valence electrons. The molecule has 0 fully saturated rings. The van der Waals surface area contributed by atoms with Crippen LogP contribution in [0.5, 0.6) is 0 Å². The van der Waals surface area contributed by atoms with E-state index in [1.807, 2.05) is 0 Å². The van der Waals surface area contributed by atoms with Crippen molar-refractivity contribution in [1.29, 1.82) is 0 Å². The van der Waals surface area contributed by atoms with Crippen LogP contribution in [0.25, 0.3) is 0 Å². The molecule has 0 saturated heterocycles. The minimum Gasteiger partial charge on any atom is -0.369 e. The lowest BCUT2D eigenvalue weighted by molar-refractivity contribution is -0.118. The first-order valence-electron chi connectivity index (χ1n) is 5.21. The fourth-order valence-electron chi connectivity index (χ4n) is 1.39. The van der Waals surface area contributed by atoms with Crippen molar-refractivity contribution in [2.75, 3.05) is 13.6 Å². The van der Waals surface area contributed by atoms with Crippen LogP contribution < -0.4 is 5.73 Å². The van der Waals surface area contributed by atoms with Gasteiger partial charge in [0.25, 0.3) is 0 Å². The normalized spacial score (nSPS) is 12.0. The topological polar surface area (TPSA) is 80.5 Å². The van der Waals surface area contributed by atoms with Crippen LogP contribution in [-0.4, -0.2) is 32.2 Å². The highest BCUT2D eigenvalue weighted by atomic mass is 32.2. The molecule has 0 aliphatic carbocycles. The van der Waals surface area contributed by atoms with Crippen molar-refractivity contribution in [3.05, 3.63) is 34.6 Å². The van der Waals surface area contributed by atoms with Gasteiger partial charge in [-0.2, -0.15) is 4.31 Å². The molecule has 1 aromatic rings. The third-order valence-electron chi connectivity index (χ3n) is 2.48. The lowest BCUT2D eigenvalue weighted by Crippen LogP contribution is -2.36. The van der Waals surface area contributed by atoms with Gasteiger partial charge in [0, 0.05) is 12.6 Å². The smallest absolute Gasteiger partial charge is 0.232 e. The molecule has 0 spiro atoms. The zero-order valence-corrected chi connectivity index (χ0v) is 11.3. The van der Waals surface area contributed by atoms with Gasteiger partial charge in [0.2, 0.25) is 21.7 Å². The van der Waals surface area contributed by atoms with Gasteiger partial charge in [-0.3, -0.25) is 4.79 Å². The Morgan fingerprint density at radius 3 is 1.76 bits per heavy atom. The average molecular weight is 332 g/mol. The van der Waals surface area contributed by atoms with E-state index in [0.29, 0.717) is 4.31 Å². The molecule has 0 aromatic heterocycles. The van der Waals surface area contributed by atoms with Gasteiger partial charge >= 0.3 is 0 Å². The van der Waals surface area contributed by atoms with E-state index < -0.39 is 62.9 Å². The Labute approximate surface area is 116 Å². The number of benzene rings is 1.